The number of hydrogen-bond donors (Lipinski definition) is 0. The largest absolute Gasteiger partial charge is 0.498 e. The molecule has 1 heteroatoms. The number of hydrogen-bond acceptors (Lipinski definition) is 1. The van der Waals surface area contributed by atoms with E-state index in [1.807, 2.05) is 0 Å². The monoisotopic (exact) mass is 332 g/mol. The molecule has 0 amide bonds. The molecule has 1 atom stereocenters. The summed E-state index contributed by atoms with van der Waals surface area (Å²) in [6.45, 7) is 4.70. The van der Waals surface area contributed by atoms with Crippen molar-refractivity contribution in [3.63, 3.8) is 0 Å². The van der Waals surface area contributed by atoms with E-state index in [1.54, 1.807) is 5.57 Å². The van der Waals surface area contributed by atoms with Gasteiger partial charge in [-0.25, -0.2) is 0 Å². The lowest BCUT2D eigenvalue weighted by molar-refractivity contribution is 0.103. The second-order valence-electron chi connectivity index (χ2n) is 9.20. The summed E-state index contributed by atoms with van der Waals surface area (Å²) in [5, 5.41) is 0. The third kappa shape index (κ3) is 5.27. The predicted octanol–water partition coefficient (Wildman–Crippen LogP) is 7.26. The zero-order valence-corrected chi connectivity index (χ0v) is 16.3. The van der Waals surface area contributed by atoms with Crippen molar-refractivity contribution < 1.29 is 4.74 Å². The highest BCUT2D eigenvalue weighted by atomic mass is 16.5. The fourth-order valence-electron chi connectivity index (χ4n) is 5.38. The van der Waals surface area contributed by atoms with Crippen LogP contribution in [0.2, 0.25) is 0 Å². The molecule has 1 nitrogen and oxygen atoms in total. The van der Waals surface area contributed by atoms with Crippen LogP contribution in [0.4, 0.5) is 0 Å². The van der Waals surface area contributed by atoms with Crippen molar-refractivity contribution in [2.75, 3.05) is 0 Å². The van der Waals surface area contributed by atoms with Gasteiger partial charge in [-0.2, -0.15) is 0 Å². The Labute approximate surface area is 150 Å². The Hall–Kier alpha value is -0.460. The van der Waals surface area contributed by atoms with Crippen molar-refractivity contribution in [3.8, 4) is 0 Å². The van der Waals surface area contributed by atoms with Crippen LogP contribution in [0.5, 0.6) is 0 Å². The van der Waals surface area contributed by atoms with Gasteiger partial charge in [-0.05, 0) is 74.2 Å². The summed E-state index contributed by atoms with van der Waals surface area (Å²) >= 11 is 0. The number of rotatable bonds is 6. The van der Waals surface area contributed by atoms with E-state index in [1.165, 1.54) is 89.9 Å². The van der Waals surface area contributed by atoms with Crippen molar-refractivity contribution in [2.45, 2.75) is 110 Å². The Kier molecular flexibility index (Phi) is 7.10. The Morgan fingerprint density at radius 2 is 1.46 bits per heavy atom. The molecule has 24 heavy (non-hydrogen) atoms. The molecule has 1 unspecified atom stereocenters. The van der Waals surface area contributed by atoms with Crippen LogP contribution < -0.4 is 0 Å². The van der Waals surface area contributed by atoms with Crippen LogP contribution >= 0.6 is 0 Å². The second-order valence-corrected chi connectivity index (χ2v) is 9.20. The molecular formula is C23H40O. The molecule has 1 aliphatic heterocycles. The fraction of sp³-hybridized carbons (Fsp3) is 0.913. The van der Waals surface area contributed by atoms with Crippen LogP contribution in [-0.2, 0) is 4.74 Å². The first-order valence-corrected chi connectivity index (χ1v) is 11.1. The topological polar surface area (TPSA) is 9.23 Å². The van der Waals surface area contributed by atoms with Crippen LogP contribution in [0.1, 0.15) is 104 Å². The Balaban J connectivity index is 1.34. The van der Waals surface area contributed by atoms with Gasteiger partial charge >= 0.3 is 0 Å². The molecule has 0 radical (unpaired) electrons. The van der Waals surface area contributed by atoms with Gasteiger partial charge in [0.05, 0.1) is 12.4 Å². The van der Waals surface area contributed by atoms with E-state index in [2.05, 4.69) is 20.1 Å². The van der Waals surface area contributed by atoms with Crippen molar-refractivity contribution in [2.24, 2.45) is 23.7 Å². The molecule has 3 aliphatic rings. The molecule has 1 heterocycles. The molecule has 0 bridgehead atoms. The van der Waals surface area contributed by atoms with Crippen molar-refractivity contribution >= 4 is 0 Å². The standard InChI is InChI=1S/C23H40O/c1-3-4-23-16-15-22(17-24-23)21-13-11-20(12-14-21)10-9-19-7-5-18(2)6-8-19/h17-21,23H,3-16H2,1-2H3. The zero-order chi connectivity index (χ0) is 16.8. The molecule has 138 valence electrons. The summed E-state index contributed by atoms with van der Waals surface area (Å²) in [5.74, 6) is 3.93. The minimum atomic E-state index is 0.508. The lowest BCUT2D eigenvalue weighted by Crippen LogP contribution is -2.22. The van der Waals surface area contributed by atoms with Gasteiger partial charge in [0, 0.05) is 0 Å². The molecule has 2 aliphatic carbocycles. The van der Waals surface area contributed by atoms with Crippen LogP contribution in [0.15, 0.2) is 11.8 Å². The summed E-state index contributed by atoms with van der Waals surface area (Å²) in [4.78, 5) is 0. The molecule has 2 saturated carbocycles. The first-order chi connectivity index (χ1) is 11.7. The van der Waals surface area contributed by atoms with Crippen molar-refractivity contribution in [1.82, 2.24) is 0 Å². The van der Waals surface area contributed by atoms with Gasteiger partial charge in [-0.3, -0.25) is 0 Å². The van der Waals surface area contributed by atoms with Crippen molar-refractivity contribution in [1.29, 1.82) is 0 Å². The van der Waals surface area contributed by atoms with Crippen LogP contribution in [0.25, 0.3) is 0 Å². The summed E-state index contributed by atoms with van der Waals surface area (Å²) in [6, 6.07) is 0. The first-order valence-electron chi connectivity index (χ1n) is 11.1. The van der Waals surface area contributed by atoms with Gasteiger partial charge < -0.3 is 4.74 Å². The van der Waals surface area contributed by atoms with Gasteiger partial charge in [-0.1, -0.05) is 58.8 Å². The first kappa shape index (κ1) is 18.3. The number of allylic oxidation sites excluding steroid dienone is 1. The van der Waals surface area contributed by atoms with E-state index in [9.17, 15) is 0 Å². The molecule has 0 aromatic carbocycles. The van der Waals surface area contributed by atoms with Crippen LogP contribution in [0.3, 0.4) is 0 Å². The second kappa shape index (κ2) is 9.30. The van der Waals surface area contributed by atoms with Gasteiger partial charge in [0.2, 0.25) is 0 Å². The van der Waals surface area contributed by atoms with Gasteiger partial charge in [-0.15, -0.1) is 0 Å². The fourth-order valence-corrected chi connectivity index (χ4v) is 5.38. The lowest BCUT2D eigenvalue weighted by Gasteiger charge is -2.34. The van der Waals surface area contributed by atoms with Crippen LogP contribution in [0, 0.1) is 23.7 Å². The van der Waals surface area contributed by atoms with Gasteiger partial charge in [0.15, 0.2) is 0 Å². The summed E-state index contributed by atoms with van der Waals surface area (Å²) in [6.07, 6.45) is 22.6. The average Bonchev–Trinajstić information content (AvgIpc) is 2.63. The molecule has 0 spiro atoms. The summed E-state index contributed by atoms with van der Waals surface area (Å²) < 4.78 is 5.98. The third-order valence-corrected chi connectivity index (χ3v) is 7.27. The molecule has 0 saturated heterocycles. The van der Waals surface area contributed by atoms with E-state index < -0.39 is 0 Å². The SMILES string of the molecule is CCCC1CCC(C2CCC(CCC3CCC(C)CC3)CC2)=CO1. The zero-order valence-electron chi connectivity index (χ0n) is 16.3. The maximum Gasteiger partial charge on any atom is 0.0981 e. The van der Waals surface area contributed by atoms with E-state index >= 15 is 0 Å². The lowest BCUT2D eigenvalue weighted by atomic mass is 9.74. The third-order valence-electron chi connectivity index (χ3n) is 7.27. The quantitative estimate of drug-likeness (QED) is 0.497. The molecule has 0 aromatic heterocycles. The molecule has 3 rings (SSSR count). The molecule has 0 aromatic rings. The van der Waals surface area contributed by atoms with Crippen LogP contribution in [-0.4, -0.2) is 6.10 Å². The van der Waals surface area contributed by atoms with Gasteiger partial charge in [0.1, 0.15) is 0 Å². The average molecular weight is 333 g/mol. The maximum absolute atomic E-state index is 5.98. The normalized spacial score (nSPS) is 37.6. The van der Waals surface area contributed by atoms with E-state index in [4.69, 9.17) is 4.74 Å². The molecule has 0 N–H and O–H groups in total. The van der Waals surface area contributed by atoms with Gasteiger partial charge in [0.25, 0.3) is 0 Å². The highest BCUT2D eigenvalue weighted by molar-refractivity contribution is 5.08. The Morgan fingerprint density at radius 3 is 2.00 bits per heavy atom. The number of ether oxygens (including phenoxy) is 1. The summed E-state index contributed by atoms with van der Waals surface area (Å²) in [5.41, 5.74) is 1.64. The van der Waals surface area contributed by atoms with E-state index in [0.717, 1.165) is 23.7 Å². The maximum atomic E-state index is 5.98. The Bertz CT molecular complexity index is 383. The highest BCUT2D eigenvalue weighted by Gasteiger charge is 2.27. The Morgan fingerprint density at radius 1 is 0.833 bits per heavy atom. The smallest absolute Gasteiger partial charge is 0.0981 e. The van der Waals surface area contributed by atoms with E-state index in [-0.39, 0.29) is 0 Å². The van der Waals surface area contributed by atoms with E-state index in [0.29, 0.717) is 6.10 Å². The van der Waals surface area contributed by atoms with Crippen molar-refractivity contribution in [3.05, 3.63) is 11.8 Å². The summed E-state index contributed by atoms with van der Waals surface area (Å²) in [7, 11) is 0. The molecule has 2 fully saturated rings. The minimum Gasteiger partial charge on any atom is -0.498 e. The molecular weight excluding hydrogens is 292 g/mol. The highest BCUT2D eigenvalue weighted by Crippen LogP contribution is 2.40. The minimum absolute atomic E-state index is 0.508. The predicted molar refractivity (Wildman–Crippen MR) is 103 cm³/mol.